The quantitative estimate of drug-likeness (QED) is 0.688. The van der Waals surface area contributed by atoms with Gasteiger partial charge in [-0.25, -0.2) is 8.42 Å². The molecule has 0 spiro atoms. The zero-order valence-electron chi connectivity index (χ0n) is 15.1. The van der Waals surface area contributed by atoms with Gasteiger partial charge in [0.2, 0.25) is 5.91 Å². The number of ether oxygens (including phenoxy) is 1. The van der Waals surface area contributed by atoms with Crippen LogP contribution in [0, 0.1) is 0 Å². The smallest absolute Gasteiger partial charge is 0.247 e. The van der Waals surface area contributed by atoms with Crippen molar-refractivity contribution < 1.29 is 17.9 Å². The van der Waals surface area contributed by atoms with E-state index in [9.17, 15) is 13.2 Å². The van der Waals surface area contributed by atoms with Crippen molar-refractivity contribution in [3.63, 3.8) is 0 Å². The number of rotatable bonds is 6. The number of anilines is 1. The van der Waals surface area contributed by atoms with Gasteiger partial charge in [0, 0.05) is 23.4 Å². The molecule has 2 unspecified atom stereocenters. The van der Waals surface area contributed by atoms with Gasteiger partial charge in [-0.1, -0.05) is 38.1 Å². The summed E-state index contributed by atoms with van der Waals surface area (Å²) >= 11 is 1.39. The maximum absolute atomic E-state index is 12.1. The number of hydrogen-bond donors (Lipinski definition) is 0. The van der Waals surface area contributed by atoms with E-state index in [1.54, 1.807) is 6.92 Å². The molecule has 8 heteroatoms. The van der Waals surface area contributed by atoms with Crippen molar-refractivity contribution in [3.05, 3.63) is 24.3 Å². The molecule has 1 aromatic rings. The van der Waals surface area contributed by atoms with E-state index in [0.717, 1.165) is 24.3 Å². The lowest BCUT2D eigenvalue weighted by Crippen LogP contribution is -2.37. The number of thioether (sulfide) groups is 1. The van der Waals surface area contributed by atoms with Gasteiger partial charge in [0.05, 0.1) is 24.2 Å². The molecule has 0 radical (unpaired) electrons. The first-order chi connectivity index (χ1) is 12.4. The third kappa shape index (κ3) is 4.23. The standard InChI is InChI=1S/C18H24N2O4S2/c1-3-5-9-24-14-8-6-7-13(10-14)20-15-11-26(22,23)12-16(15)25-18(20)19-17(21)4-2/h6-8,10,15-16H,3-5,9,11-12H2,1-2H3. The molecule has 1 amide bonds. The predicted octanol–water partition coefficient (Wildman–Crippen LogP) is 2.88. The largest absolute Gasteiger partial charge is 0.494 e. The highest BCUT2D eigenvalue weighted by molar-refractivity contribution is 8.16. The summed E-state index contributed by atoms with van der Waals surface area (Å²) in [7, 11) is -3.07. The Morgan fingerprint density at radius 1 is 1.35 bits per heavy atom. The fraction of sp³-hybridized carbons (Fsp3) is 0.556. The summed E-state index contributed by atoms with van der Waals surface area (Å²) in [5.74, 6) is 0.762. The molecule has 2 aliphatic rings. The zero-order chi connectivity index (χ0) is 18.7. The molecule has 2 saturated heterocycles. The monoisotopic (exact) mass is 396 g/mol. The molecule has 2 fully saturated rings. The van der Waals surface area contributed by atoms with Crippen LogP contribution in [0.1, 0.15) is 33.1 Å². The maximum atomic E-state index is 12.1. The van der Waals surface area contributed by atoms with Crippen LogP contribution in [0.15, 0.2) is 29.3 Å². The predicted molar refractivity (Wildman–Crippen MR) is 106 cm³/mol. The molecular formula is C18H24N2O4S2. The zero-order valence-corrected chi connectivity index (χ0v) is 16.7. The summed E-state index contributed by atoms with van der Waals surface area (Å²) < 4.78 is 29.9. The highest BCUT2D eigenvalue weighted by atomic mass is 32.2. The minimum Gasteiger partial charge on any atom is -0.494 e. The molecule has 0 aromatic heterocycles. The van der Waals surface area contributed by atoms with Crippen molar-refractivity contribution in [2.75, 3.05) is 23.0 Å². The molecule has 142 valence electrons. The fourth-order valence-electron chi connectivity index (χ4n) is 3.11. The summed E-state index contributed by atoms with van der Waals surface area (Å²) in [6.45, 7) is 4.52. The van der Waals surface area contributed by atoms with Gasteiger partial charge in [0.15, 0.2) is 15.0 Å². The Morgan fingerprint density at radius 3 is 2.88 bits per heavy atom. The van der Waals surface area contributed by atoms with E-state index in [-0.39, 0.29) is 28.7 Å². The van der Waals surface area contributed by atoms with Gasteiger partial charge in [-0.15, -0.1) is 0 Å². The number of carbonyl (C=O) groups excluding carboxylic acids is 1. The van der Waals surface area contributed by atoms with Crippen LogP contribution in [0.3, 0.4) is 0 Å². The topological polar surface area (TPSA) is 76.0 Å². The molecule has 1 aromatic carbocycles. The summed E-state index contributed by atoms with van der Waals surface area (Å²) in [6.07, 6.45) is 2.36. The van der Waals surface area contributed by atoms with Crippen LogP contribution < -0.4 is 9.64 Å². The Morgan fingerprint density at radius 2 is 2.15 bits per heavy atom. The van der Waals surface area contributed by atoms with E-state index in [0.29, 0.717) is 18.2 Å². The van der Waals surface area contributed by atoms with Crippen LogP contribution in [0.2, 0.25) is 0 Å². The second kappa shape index (κ2) is 8.00. The Labute approximate surface area is 158 Å². The minimum atomic E-state index is -3.07. The van der Waals surface area contributed by atoms with Gasteiger partial charge >= 0.3 is 0 Å². The van der Waals surface area contributed by atoms with E-state index in [2.05, 4.69) is 11.9 Å². The molecule has 2 atom stereocenters. The third-order valence-electron chi connectivity index (χ3n) is 4.45. The molecule has 0 bridgehead atoms. The number of unbranched alkanes of at least 4 members (excludes halogenated alkanes) is 1. The van der Waals surface area contributed by atoms with Gasteiger partial charge in [0.25, 0.3) is 0 Å². The van der Waals surface area contributed by atoms with Crippen LogP contribution in [-0.2, 0) is 14.6 Å². The summed E-state index contributed by atoms with van der Waals surface area (Å²) in [6, 6.07) is 7.39. The van der Waals surface area contributed by atoms with Crippen molar-refractivity contribution in [2.45, 2.75) is 44.4 Å². The number of carbonyl (C=O) groups is 1. The Balaban J connectivity index is 1.91. The molecule has 26 heavy (non-hydrogen) atoms. The number of fused-ring (bicyclic) bond motifs is 1. The highest BCUT2D eigenvalue weighted by Gasteiger charge is 2.49. The molecule has 2 aliphatic heterocycles. The minimum absolute atomic E-state index is 0.0882. The molecule has 0 aliphatic carbocycles. The third-order valence-corrected chi connectivity index (χ3v) is 7.66. The van der Waals surface area contributed by atoms with Crippen molar-refractivity contribution in [2.24, 2.45) is 4.99 Å². The van der Waals surface area contributed by atoms with E-state index < -0.39 is 9.84 Å². The SMILES string of the molecule is CCCCOc1cccc(N2C(=NC(=O)CC)SC3CS(=O)(=O)CC32)c1. The van der Waals surface area contributed by atoms with Gasteiger partial charge in [-0.3, -0.25) is 4.79 Å². The van der Waals surface area contributed by atoms with Gasteiger partial charge in [-0.2, -0.15) is 4.99 Å². The van der Waals surface area contributed by atoms with Crippen LogP contribution in [0.5, 0.6) is 5.75 Å². The molecule has 3 rings (SSSR count). The van der Waals surface area contributed by atoms with Crippen LogP contribution >= 0.6 is 11.8 Å². The molecule has 6 nitrogen and oxygen atoms in total. The first kappa shape index (κ1) is 19.2. The number of nitrogens with zero attached hydrogens (tertiary/aromatic N) is 2. The second-order valence-corrected chi connectivity index (χ2v) is 9.87. The maximum Gasteiger partial charge on any atom is 0.247 e. The summed E-state index contributed by atoms with van der Waals surface area (Å²) in [5.41, 5.74) is 0.818. The van der Waals surface area contributed by atoms with E-state index in [1.165, 1.54) is 11.8 Å². The van der Waals surface area contributed by atoms with Crippen molar-refractivity contribution >= 4 is 38.4 Å². The van der Waals surface area contributed by atoms with Crippen molar-refractivity contribution in [1.82, 2.24) is 0 Å². The van der Waals surface area contributed by atoms with E-state index >= 15 is 0 Å². The summed E-state index contributed by atoms with van der Waals surface area (Å²) in [5, 5.41) is 0.500. The second-order valence-electron chi connectivity index (χ2n) is 6.51. The lowest BCUT2D eigenvalue weighted by molar-refractivity contribution is -0.117. The Kier molecular flexibility index (Phi) is 5.92. The Hall–Kier alpha value is -1.54. The van der Waals surface area contributed by atoms with Crippen LogP contribution in [0.25, 0.3) is 0 Å². The van der Waals surface area contributed by atoms with Gasteiger partial charge in [0.1, 0.15) is 5.75 Å². The van der Waals surface area contributed by atoms with Gasteiger partial charge < -0.3 is 9.64 Å². The van der Waals surface area contributed by atoms with E-state index in [1.807, 2.05) is 29.2 Å². The number of aliphatic imine (C=N–C) groups is 1. The number of sulfone groups is 1. The molecule has 0 saturated carbocycles. The lowest BCUT2D eigenvalue weighted by Gasteiger charge is -2.25. The fourth-order valence-corrected chi connectivity index (χ4v) is 7.04. The van der Waals surface area contributed by atoms with Crippen molar-refractivity contribution in [1.29, 1.82) is 0 Å². The number of amides is 1. The number of hydrogen-bond acceptors (Lipinski definition) is 5. The average molecular weight is 397 g/mol. The van der Waals surface area contributed by atoms with Crippen molar-refractivity contribution in [3.8, 4) is 5.75 Å². The molecule has 2 heterocycles. The average Bonchev–Trinajstić information content (AvgIpc) is 3.06. The Bertz CT molecular complexity index is 807. The van der Waals surface area contributed by atoms with Crippen LogP contribution in [-0.4, -0.2) is 48.9 Å². The lowest BCUT2D eigenvalue weighted by atomic mass is 10.2. The first-order valence-electron chi connectivity index (χ1n) is 8.94. The summed E-state index contributed by atoms with van der Waals surface area (Å²) in [4.78, 5) is 18.0. The van der Waals surface area contributed by atoms with E-state index in [4.69, 9.17) is 4.74 Å². The highest BCUT2D eigenvalue weighted by Crippen LogP contribution is 2.41. The number of benzene rings is 1. The van der Waals surface area contributed by atoms with Crippen LogP contribution in [0.4, 0.5) is 5.69 Å². The first-order valence-corrected chi connectivity index (χ1v) is 11.6. The van der Waals surface area contributed by atoms with Gasteiger partial charge in [-0.05, 0) is 18.6 Å². The number of amidine groups is 1. The normalized spacial score (nSPS) is 25.5. The molecular weight excluding hydrogens is 372 g/mol. The molecule has 0 N–H and O–H groups in total.